The van der Waals surface area contributed by atoms with E-state index in [1.807, 2.05) is 4.98 Å². The Labute approximate surface area is 150 Å². The highest BCUT2D eigenvalue weighted by molar-refractivity contribution is 5.96. The minimum atomic E-state index is -4.54. The normalized spacial score (nSPS) is 12.4. The maximum absolute atomic E-state index is 12.9. The molecule has 0 spiro atoms. The van der Waals surface area contributed by atoms with Crippen molar-refractivity contribution in [1.82, 2.24) is 15.3 Å². The van der Waals surface area contributed by atoms with E-state index in [-0.39, 0.29) is 24.5 Å². The molecule has 0 aliphatic rings. The van der Waals surface area contributed by atoms with Gasteiger partial charge in [0.2, 0.25) is 0 Å². The van der Waals surface area contributed by atoms with Crippen LogP contribution in [0.4, 0.5) is 18.9 Å². The number of alkyl halides is 3. The summed E-state index contributed by atoms with van der Waals surface area (Å²) in [5, 5.41) is 2.48. The van der Waals surface area contributed by atoms with Crippen LogP contribution in [-0.4, -0.2) is 28.5 Å². The predicted molar refractivity (Wildman–Crippen MR) is 90.6 cm³/mol. The molecule has 0 radical (unpaired) electrons. The van der Waals surface area contributed by atoms with E-state index in [4.69, 9.17) is 10.5 Å². The minimum Gasteiger partial charge on any atom is -0.493 e. The number of carbonyl (C=O) groups excluding carboxylic acids is 1. The van der Waals surface area contributed by atoms with Gasteiger partial charge in [-0.2, -0.15) is 13.2 Å². The number of halogens is 3. The summed E-state index contributed by atoms with van der Waals surface area (Å²) in [6, 6.07) is 4.26. The van der Waals surface area contributed by atoms with Crippen LogP contribution in [0.15, 0.2) is 33.9 Å². The Balaban J connectivity index is 1.96. The van der Waals surface area contributed by atoms with Crippen molar-refractivity contribution in [1.29, 1.82) is 0 Å². The van der Waals surface area contributed by atoms with E-state index in [1.165, 1.54) is 18.2 Å². The number of para-hydroxylation sites is 1. The van der Waals surface area contributed by atoms with Crippen molar-refractivity contribution in [3.63, 3.8) is 0 Å². The Bertz CT molecular complexity index is 936. The molecule has 146 valence electrons. The van der Waals surface area contributed by atoms with Gasteiger partial charge in [-0.3, -0.25) is 14.6 Å². The van der Waals surface area contributed by atoms with Crippen LogP contribution in [0, 0.1) is 0 Å². The number of carbonyl (C=O) groups is 1. The molecule has 8 nitrogen and oxygen atoms in total. The molecule has 0 saturated carbocycles. The van der Waals surface area contributed by atoms with E-state index in [2.05, 4.69) is 10.3 Å². The van der Waals surface area contributed by atoms with Gasteiger partial charge in [-0.15, -0.1) is 0 Å². The number of aromatic nitrogens is 2. The van der Waals surface area contributed by atoms with E-state index in [0.717, 1.165) is 6.07 Å². The summed E-state index contributed by atoms with van der Waals surface area (Å²) in [4.78, 5) is 38.7. The summed E-state index contributed by atoms with van der Waals surface area (Å²) >= 11 is 0. The van der Waals surface area contributed by atoms with Gasteiger partial charge in [0.25, 0.3) is 11.5 Å². The third-order valence-electron chi connectivity index (χ3n) is 3.59. The molecule has 1 atom stereocenters. The maximum Gasteiger partial charge on any atom is 0.419 e. The van der Waals surface area contributed by atoms with Crippen molar-refractivity contribution in [3.05, 3.63) is 56.4 Å². The molecule has 0 aliphatic carbocycles. The van der Waals surface area contributed by atoms with Crippen LogP contribution in [0.5, 0.6) is 5.75 Å². The quantitative estimate of drug-likeness (QED) is 0.594. The van der Waals surface area contributed by atoms with Gasteiger partial charge in [0, 0.05) is 12.5 Å². The van der Waals surface area contributed by atoms with Gasteiger partial charge in [0.15, 0.2) is 0 Å². The van der Waals surface area contributed by atoms with Gasteiger partial charge in [0.1, 0.15) is 17.1 Å². The first kappa shape index (κ1) is 20.1. The van der Waals surface area contributed by atoms with Crippen molar-refractivity contribution in [3.8, 4) is 5.75 Å². The summed E-state index contributed by atoms with van der Waals surface area (Å²) in [5.74, 6) is -1.11. The summed E-state index contributed by atoms with van der Waals surface area (Å²) in [5.41, 5.74) is 1.93. The summed E-state index contributed by atoms with van der Waals surface area (Å²) in [7, 11) is 0. The van der Waals surface area contributed by atoms with Crippen molar-refractivity contribution < 1.29 is 22.7 Å². The number of H-pyrrole nitrogens is 2. The van der Waals surface area contributed by atoms with Crippen LogP contribution >= 0.6 is 0 Å². The average molecular weight is 386 g/mol. The van der Waals surface area contributed by atoms with E-state index < -0.39 is 40.6 Å². The van der Waals surface area contributed by atoms with Crippen LogP contribution in [0.1, 0.15) is 29.4 Å². The molecular weight excluding hydrogens is 369 g/mol. The highest BCUT2D eigenvalue weighted by Crippen LogP contribution is 2.35. The lowest BCUT2D eigenvalue weighted by Crippen LogP contribution is -2.38. The number of amides is 1. The average Bonchev–Trinajstić information content (AvgIpc) is 2.57. The number of nitrogens with two attached hydrogens (primary N) is 1. The molecule has 1 unspecified atom stereocenters. The molecular formula is C16H17F3N4O4. The van der Waals surface area contributed by atoms with Crippen molar-refractivity contribution in [2.24, 2.45) is 0 Å². The zero-order valence-corrected chi connectivity index (χ0v) is 14.1. The third-order valence-corrected chi connectivity index (χ3v) is 3.59. The number of ether oxygens (including phenoxy) is 1. The Morgan fingerprint density at radius 3 is 2.59 bits per heavy atom. The van der Waals surface area contributed by atoms with Gasteiger partial charge < -0.3 is 20.8 Å². The van der Waals surface area contributed by atoms with Crippen LogP contribution in [0.2, 0.25) is 0 Å². The maximum atomic E-state index is 12.9. The number of nitrogen functional groups attached to an aromatic ring is 1. The summed E-state index contributed by atoms with van der Waals surface area (Å²) in [6.45, 7) is 1.48. The topological polar surface area (TPSA) is 130 Å². The number of aromatic amines is 2. The molecule has 0 saturated heterocycles. The smallest absolute Gasteiger partial charge is 0.419 e. The van der Waals surface area contributed by atoms with E-state index in [1.54, 1.807) is 6.92 Å². The number of anilines is 1. The van der Waals surface area contributed by atoms with E-state index in [9.17, 15) is 27.6 Å². The fourth-order valence-corrected chi connectivity index (χ4v) is 2.22. The first-order chi connectivity index (χ1) is 12.6. The number of rotatable bonds is 6. The minimum absolute atomic E-state index is 0.101. The molecule has 1 aromatic carbocycles. The molecule has 5 N–H and O–H groups in total. The lowest BCUT2D eigenvalue weighted by atomic mass is 10.2. The van der Waals surface area contributed by atoms with Crippen molar-refractivity contribution in [2.75, 3.05) is 12.3 Å². The standard InChI is InChI=1S/C16H17F3N4O4/c1-8(21-14(25)12-11(20)13(24)23-15(26)22-12)6-7-27-10-5-3-2-4-9(10)16(17,18)19/h2-5,8H,6-7,20H2,1H3,(H,21,25)(H2,22,23,24,26). The van der Waals surface area contributed by atoms with Crippen molar-refractivity contribution >= 4 is 11.6 Å². The Morgan fingerprint density at radius 1 is 1.26 bits per heavy atom. The lowest BCUT2D eigenvalue weighted by molar-refractivity contribution is -0.138. The summed E-state index contributed by atoms with van der Waals surface area (Å²) < 4.78 is 43.8. The molecule has 0 aliphatic heterocycles. The molecule has 1 amide bonds. The first-order valence-corrected chi connectivity index (χ1v) is 7.81. The van der Waals surface area contributed by atoms with Crippen LogP contribution in [-0.2, 0) is 6.18 Å². The Hall–Kier alpha value is -3.24. The third kappa shape index (κ3) is 5.12. The highest BCUT2D eigenvalue weighted by Gasteiger charge is 2.34. The Kier molecular flexibility index (Phi) is 5.93. The van der Waals surface area contributed by atoms with Crippen molar-refractivity contribution in [2.45, 2.75) is 25.6 Å². The first-order valence-electron chi connectivity index (χ1n) is 7.81. The zero-order chi connectivity index (χ0) is 20.2. The number of benzene rings is 1. The second-order valence-corrected chi connectivity index (χ2v) is 5.70. The summed E-state index contributed by atoms with van der Waals surface area (Å²) in [6.07, 6.45) is -4.37. The highest BCUT2D eigenvalue weighted by atomic mass is 19.4. The van der Waals surface area contributed by atoms with E-state index in [0.29, 0.717) is 0 Å². The molecule has 1 heterocycles. The molecule has 0 fully saturated rings. The van der Waals surface area contributed by atoms with Crippen LogP contribution in [0.25, 0.3) is 0 Å². The molecule has 1 aromatic heterocycles. The second-order valence-electron chi connectivity index (χ2n) is 5.70. The number of hydrogen-bond donors (Lipinski definition) is 4. The second kappa shape index (κ2) is 7.98. The molecule has 0 bridgehead atoms. The largest absolute Gasteiger partial charge is 0.493 e. The fraction of sp³-hybridized carbons (Fsp3) is 0.312. The van der Waals surface area contributed by atoms with Gasteiger partial charge >= 0.3 is 11.9 Å². The van der Waals surface area contributed by atoms with Crippen LogP contribution < -0.4 is 27.0 Å². The molecule has 2 aromatic rings. The SMILES string of the molecule is CC(CCOc1ccccc1C(F)(F)F)NC(=O)c1[nH]c(=O)[nH]c(=O)c1N. The van der Waals surface area contributed by atoms with Gasteiger partial charge in [-0.25, -0.2) is 4.79 Å². The van der Waals surface area contributed by atoms with Gasteiger partial charge in [-0.05, 0) is 19.1 Å². The Morgan fingerprint density at radius 2 is 1.93 bits per heavy atom. The number of nitrogens with one attached hydrogen (secondary N) is 3. The predicted octanol–water partition coefficient (Wildman–Crippen LogP) is 1.25. The molecule has 27 heavy (non-hydrogen) atoms. The number of hydrogen-bond acceptors (Lipinski definition) is 5. The molecule has 2 rings (SSSR count). The van der Waals surface area contributed by atoms with Gasteiger partial charge in [0.05, 0.1) is 12.2 Å². The van der Waals surface area contributed by atoms with Crippen LogP contribution in [0.3, 0.4) is 0 Å². The molecule has 11 heteroatoms. The lowest BCUT2D eigenvalue weighted by Gasteiger charge is -2.17. The van der Waals surface area contributed by atoms with Gasteiger partial charge in [-0.1, -0.05) is 12.1 Å². The zero-order valence-electron chi connectivity index (χ0n) is 14.1. The fourth-order valence-electron chi connectivity index (χ4n) is 2.22. The van der Waals surface area contributed by atoms with E-state index >= 15 is 0 Å². The monoisotopic (exact) mass is 386 g/mol.